The summed E-state index contributed by atoms with van der Waals surface area (Å²) in [5, 5.41) is 3.95. The van der Waals surface area contributed by atoms with Crippen LogP contribution in [0.3, 0.4) is 0 Å². The number of thioether (sulfide) groups is 1. The maximum atomic E-state index is 13.8. The molecule has 4 heteroatoms. The van der Waals surface area contributed by atoms with Gasteiger partial charge in [-0.2, -0.15) is 11.8 Å². The third kappa shape index (κ3) is 3.93. The van der Waals surface area contributed by atoms with Crippen molar-refractivity contribution < 1.29 is 8.78 Å². The van der Waals surface area contributed by atoms with Gasteiger partial charge in [-0.05, 0) is 43.2 Å². The number of likely N-dealkylation sites (N-methyl/N-ethyl adjacent to an activating group) is 1. The molecule has 2 rings (SSSR count). The Balaban J connectivity index is 2.08. The van der Waals surface area contributed by atoms with Crippen molar-refractivity contribution in [2.75, 3.05) is 12.3 Å². The Bertz CT molecular complexity index is 405. The molecular weight excluding hydrogens is 264 g/mol. The molecule has 0 bridgehead atoms. The molecule has 106 valence electrons. The third-order valence-electron chi connectivity index (χ3n) is 3.60. The van der Waals surface area contributed by atoms with Gasteiger partial charge in [0, 0.05) is 11.3 Å². The predicted octanol–water partition coefficient (Wildman–Crippen LogP) is 3.77. The van der Waals surface area contributed by atoms with Crippen LogP contribution in [-0.4, -0.2) is 23.6 Å². The van der Waals surface area contributed by atoms with Gasteiger partial charge in [0.05, 0.1) is 0 Å². The van der Waals surface area contributed by atoms with Gasteiger partial charge in [-0.15, -0.1) is 0 Å². The van der Waals surface area contributed by atoms with Gasteiger partial charge in [-0.1, -0.05) is 25.5 Å². The molecule has 1 aliphatic rings. The van der Waals surface area contributed by atoms with E-state index in [9.17, 15) is 8.78 Å². The number of rotatable bonds is 5. The molecule has 0 aromatic heterocycles. The molecule has 0 amide bonds. The van der Waals surface area contributed by atoms with Crippen LogP contribution in [0, 0.1) is 11.6 Å². The Labute approximate surface area is 118 Å². The fourth-order valence-corrected chi connectivity index (χ4v) is 4.05. The number of hydrogen-bond acceptors (Lipinski definition) is 2. The van der Waals surface area contributed by atoms with Gasteiger partial charge in [0.2, 0.25) is 0 Å². The number of hydrogen-bond donors (Lipinski definition) is 1. The first-order valence-corrected chi connectivity index (χ1v) is 8.05. The molecule has 2 unspecified atom stereocenters. The smallest absolute Gasteiger partial charge is 0.162 e. The van der Waals surface area contributed by atoms with Crippen molar-refractivity contribution in [3.8, 4) is 0 Å². The van der Waals surface area contributed by atoms with Gasteiger partial charge < -0.3 is 5.32 Å². The number of benzene rings is 1. The Kier molecular flexibility index (Phi) is 5.64. The molecule has 0 saturated carbocycles. The van der Waals surface area contributed by atoms with Gasteiger partial charge in [0.25, 0.3) is 0 Å². The van der Waals surface area contributed by atoms with Crippen LogP contribution in [0.4, 0.5) is 8.78 Å². The van der Waals surface area contributed by atoms with Crippen molar-refractivity contribution >= 4 is 11.8 Å². The summed E-state index contributed by atoms with van der Waals surface area (Å²) in [6, 6.07) is 4.68. The van der Waals surface area contributed by atoms with Crippen molar-refractivity contribution in [3.63, 3.8) is 0 Å². The van der Waals surface area contributed by atoms with E-state index in [4.69, 9.17) is 0 Å². The molecule has 1 fully saturated rings. The molecule has 0 spiro atoms. The highest BCUT2D eigenvalue weighted by molar-refractivity contribution is 8.00. The summed E-state index contributed by atoms with van der Waals surface area (Å²) in [5.74, 6) is -0.256. The molecule has 1 aliphatic heterocycles. The van der Waals surface area contributed by atoms with E-state index in [1.807, 2.05) is 11.8 Å². The standard InChI is InChI=1S/C15H21F2NS/c1-2-18-13(14-8-3-4-9-19-14)10-11-6-5-7-12(16)15(11)17/h5-7,13-14,18H,2-4,8-10H2,1H3. The molecule has 0 radical (unpaired) electrons. The second kappa shape index (κ2) is 7.25. The average molecular weight is 285 g/mol. The normalized spacial score (nSPS) is 21.3. The molecule has 2 atom stereocenters. The quantitative estimate of drug-likeness (QED) is 0.884. The molecule has 1 N–H and O–H groups in total. The van der Waals surface area contributed by atoms with Gasteiger partial charge in [0.1, 0.15) is 0 Å². The zero-order chi connectivity index (χ0) is 13.7. The molecule has 1 nitrogen and oxygen atoms in total. The van der Waals surface area contributed by atoms with Crippen molar-refractivity contribution in [1.82, 2.24) is 5.32 Å². The first-order chi connectivity index (χ1) is 9.22. The summed E-state index contributed by atoms with van der Waals surface area (Å²) >= 11 is 1.96. The van der Waals surface area contributed by atoms with E-state index in [1.165, 1.54) is 31.1 Å². The van der Waals surface area contributed by atoms with E-state index in [0.717, 1.165) is 6.54 Å². The highest BCUT2D eigenvalue weighted by Gasteiger charge is 2.25. The van der Waals surface area contributed by atoms with Crippen LogP contribution in [0.2, 0.25) is 0 Å². The SMILES string of the molecule is CCNC(Cc1cccc(F)c1F)C1CCCCS1. The summed E-state index contributed by atoms with van der Waals surface area (Å²) in [4.78, 5) is 0. The van der Waals surface area contributed by atoms with Crippen molar-refractivity contribution in [2.45, 2.75) is 43.9 Å². The Morgan fingerprint density at radius 1 is 1.37 bits per heavy atom. The van der Waals surface area contributed by atoms with E-state index < -0.39 is 11.6 Å². The summed E-state index contributed by atoms with van der Waals surface area (Å²) < 4.78 is 27.0. The maximum absolute atomic E-state index is 13.8. The summed E-state index contributed by atoms with van der Waals surface area (Å²) in [5.41, 5.74) is 0.483. The summed E-state index contributed by atoms with van der Waals surface area (Å²) in [6.45, 7) is 2.92. The summed E-state index contributed by atoms with van der Waals surface area (Å²) in [6.07, 6.45) is 4.24. The first-order valence-electron chi connectivity index (χ1n) is 7.00. The van der Waals surface area contributed by atoms with Crippen molar-refractivity contribution in [1.29, 1.82) is 0 Å². The zero-order valence-corrected chi connectivity index (χ0v) is 12.1. The lowest BCUT2D eigenvalue weighted by Crippen LogP contribution is -2.41. The van der Waals surface area contributed by atoms with E-state index in [-0.39, 0.29) is 6.04 Å². The molecule has 1 aromatic carbocycles. The van der Waals surface area contributed by atoms with Crippen molar-refractivity contribution in [2.24, 2.45) is 0 Å². The molecule has 0 aliphatic carbocycles. The van der Waals surface area contributed by atoms with Crippen LogP contribution in [0.1, 0.15) is 31.7 Å². The van der Waals surface area contributed by atoms with Crippen LogP contribution in [-0.2, 0) is 6.42 Å². The minimum atomic E-state index is -0.746. The molecule has 1 saturated heterocycles. The lowest BCUT2D eigenvalue weighted by Gasteiger charge is -2.30. The van der Waals surface area contributed by atoms with Gasteiger partial charge >= 0.3 is 0 Å². The number of nitrogens with one attached hydrogen (secondary N) is 1. The largest absolute Gasteiger partial charge is 0.313 e. The predicted molar refractivity (Wildman–Crippen MR) is 77.6 cm³/mol. The first kappa shape index (κ1) is 14.8. The zero-order valence-electron chi connectivity index (χ0n) is 11.3. The Morgan fingerprint density at radius 2 is 2.21 bits per heavy atom. The van der Waals surface area contributed by atoms with Crippen LogP contribution in [0.25, 0.3) is 0 Å². The van der Waals surface area contributed by atoms with Gasteiger partial charge in [-0.3, -0.25) is 0 Å². The fraction of sp³-hybridized carbons (Fsp3) is 0.600. The fourth-order valence-electron chi connectivity index (χ4n) is 2.62. The topological polar surface area (TPSA) is 12.0 Å². The van der Waals surface area contributed by atoms with E-state index in [1.54, 1.807) is 12.1 Å². The highest BCUT2D eigenvalue weighted by Crippen LogP contribution is 2.29. The van der Waals surface area contributed by atoms with E-state index in [2.05, 4.69) is 12.2 Å². The van der Waals surface area contributed by atoms with Gasteiger partial charge in [0.15, 0.2) is 11.6 Å². The maximum Gasteiger partial charge on any atom is 0.162 e. The second-order valence-corrected chi connectivity index (χ2v) is 6.33. The Hall–Kier alpha value is -0.610. The minimum absolute atomic E-state index is 0.228. The third-order valence-corrected chi connectivity index (χ3v) is 5.12. The van der Waals surface area contributed by atoms with Crippen LogP contribution in [0.5, 0.6) is 0 Å². The molecule has 19 heavy (non-hydrogen) atoms. The minimum Gasteiger partial charge on any atom is -0.313 e. The van der Waals surface area contributed by atoms with E-state index >= 15 is 0 Å². The average Bonchev–Trinajstić information content (AvgIpc) is 2.44. The second-order valence-electron chi connectivity index (χ2n) is 4.99. The summed E-state index contributed by atoms with van der Waals surface area (Å²) in [7, 11) is 0. The van der Waals surface area contributed by atoms with Crippen LogP contribution < -0.4 is 5.32 Å². The van der Waals surface area contributed by atoms with Crippen LogP contribution >= 0.6 is 11.8 Å². The van der Waals surface area contributed by atoms with Crippen LogP contribution in [0.15, 0.2) is 18.2 Å². The lowest BCUT2D eigenvalue weighted by atomic mass is 9.99. The molecule has 1 aromatic rings. The monoisotopic (exact) mass is 285 g/mol. The highest BCUT2D eigenvalue weighted by atomic mass is 32.2. The molecule has 1 heterocycles. The number of halogens is 2. The molecular formula is C15H21F2NS. The Morgan fingerprint density at radius 3 is 2.89 bits per heavy atom. The van der Waals surface area contributed by atoms with Gasteiger partial charge in [-0.25, -0.2) is 8.78 Å². The lowest BCUT2D eigenvalue weighted by molar-refractivity contribution is 0.451. The van der Waals surface area contributed by atoms with Crippen molar-refractivity contribution in [3.05, 3.63) is 35.4 Å². The van der Waals surface area contributed by atoms with E-state index in [0.29, 0.717) is 17.2 Å².